The fraction of sp³-hybridized carbons (Fsp3) is 0.650. The molecule has 156 valence electrons. The van der Waals surface area contributed by atoms with Crippen molar-refractivity contribution < 1.29 is 9.53 Å². The van der Waals surface area contributed by atoms with Crippen molar-refractivity contribution in [1.82, 2.24) is 10.2 Å². The molecule has 0 aromatic heterocycles. The van der Waals surface area contributed by atoms with Gasteiger partial charge in [0.15, 0.2) is 0 Å². The average molecular weight is 420 g/mol. The number of methoxy groups -OCH3 is 1. The van der Waals surface area contributed by atoms with Gasteiger partial charge in [-0.2, -0.15) is 0 Å². The molecule has 1 aromatic rings. The summed E-state index contributed by atoms with van der Waals surface area (Å²) in [4.78, 5) is 14.6. The maximum absolute atomic E-state index is 12.1. The lowest BCUT2D eigenvalue weighted by Gasteiger charge is -2.33. The predicted octanol–water partition coefficient (Wildman–Crippen LogP) is 3.24. The average Bonchev–Trinajstić information content (AvgIpc) is 2.60. The van der Waals surface area contributed by atoms with Crippen molar-refractivity contribution in [3.8, 4) is 5.75 Å². The molecule has 3 N–H and O–H groups in total. The summed E-state index contributed by atoms with van der Waals surface area (Å²) in [6.45, 7) is 9.82. The first-order valence-electron chi connectivity index (χ1n) is 9.18. The second-order valence-corrected chi connectivity index (χ2v) is 8.16. The lowest BCUT2D eigenvalue weighted by atomic mass is 9.86. The van der Waals surface area contributed by atoms with E-state index >= 15 is 0 Å². The summed E-state index contributed by atoms with van der Waals surface area (Å²) in [6, 6.07) is 7.81. The van der Waals surface area contributed by atoms with Crippen LogP contribution in [0.5, 0.6) is 5.75 Å². The van der Waals surface area contributed by atoms with Gasteiger partial charge in [-0.1, -0.05) is 32.9 Å². The third-order valence-corrected chi connectivity index (χ3v) is 5.05. The van der Waals surface area contributed by atoms with Crippen LogP contribution in [0.25, 0.3) is 0 Å². The molecule has 1 heterocycles. The van der Waals surface area contributed by atoms with Crippen molar-refractivity contribution in [3.63, 3.8) is 0 Å². The normalized spacial score (nSPS) is 16.6. The molecule has 0 aliphatic carbocycles. The minimum atomic E-state index is -0.456. The van der Waals surface area contributed by atoms with Crippen LogP contribution in [0, 0.1) is 11.3 Å². The van der Waals surface area contributed by atoms with E-state index in [-0.39, 0.29) is 36.1 Å². The van der Waals surface area contributed by atoms with Crippen molar-refractivity contribution in [3.05, 3.63) is 29.8 Å². The fourth-order valence-electron chi connectivity index (χ4n) is 3.09. The van der Waals surface area contributed by atoms with E-state index in [4.69, 9.17) is 10.5 Å². The van der Waals surface area contributed by atoms with Crippen LogP contribution < -0.4 is 15.8 Å². The Kier molecular flexibility index (Phi) is 11.3. The summed E-state index contributed by atoms with van der Waals surface area (Å²) in [7, 11) is 1.69. The highest BCUT2D eigenvalue weighted by Gasteiger charge is 2.28. The number of piperidine rings is 1. The largest absolute Gasteiger partial charge is 0.497 e. The van der Waals surface area contributed by atoms with Crippen LogP contribution in [0.3, 0.4) is 0 Å². The third-order valence-electron chi connectivity index (χ3n) is 5.05. The van der Waals surface area contributed by atoms with E-state index in [2.05, 4.69) is 22.3 Å². The van der Waals surface area contributed by atoms with Gasteiger partial charge in [-0.15, -0.1) is 24.8 Å². The Hall–Kier alpha value is -1.01. The van der Waals surface area contributed by atoms with E-state index in [0.717, 1.165) is 44.8 Å². The van der Waals surface area contributed by atoms with Crippen LogP contribution in [0.4, 0.5) is 0 Å². The van der Waals surface area contributed by atoms with Crippen LogP contribution in [0.15, 0.2) is 24.3 Å². The highest BCUT2D eigenvalue weighted by molar-refractivity contribution is 5.85. The standard InChI is InChI=1S/C20H33N3O2.2ClH/c1-20(2,3)18(21)19(24)22-13-15-9-11-23(12-10-15)14-16-5-7-17(25-4)8-6-16;;/h5-8,15,18H,9-14,21H2,1-4H3,(H,22,24);2*1H/t18-;;/m1../s1. The Morgan fingerprint density at radius 2 is 1.78 bits per heavy atom. The van der Waals surface area contributed by atoms with Crippen LogP contribution in [-0.4, -0.2) is 43.6 Å². The Balaban J connectivity index is 0.00000338. The molecule has 1 aromatic carbocycles. The molecule has 0 radical (unpaired) electrons. The number of halogens is 2. The Morgan fingerprint density at radius 3 is 2.26 bits per heavy atom. The van der Waals surface area contributed by atoms with E-state index in [9.17, 15) is 4.79 Å². The molecular formula is C20H35Cl2N3O2. The number of carbonyl (C=O) groups excluding carboxylic acids is 1. The van der Waals surface area contributed by atoms with Crippen LogP contribution >= 0.6 is 24.8 Å². The lowest BCUT2D eigenvalue weighted by molar-refractivity contribution is -0.124. The van der Waals surface area contributed by atoms with Crippen molar-refractivity contribution >= 4 is 30.7 Å². The maximum Gasteiger partial charge on any atom is 0.237 e. The number of rotatable bonds is 6. The Bertz CT molecular complexity index is 553. The molecule has 1 saturated heterocycles. The molecule has 5 nitrogen and oxygen atoms in total. The summed E-state index contributed by atoms with van der Waals surface area (Å²) in [5, 5.41) is 3.04. The quantitative estimate of drug-likeness (QED) is 0.742. The number of benzene rings is 1. The van der Waals surface area contributed by atoms with Crippen molar-refractivity contribution in [1.29, 1.82) is 0 Å². The second kappa shape index (κ2) is 11.7. The minimum Gasteiger partial charge on any atom is -0.497 e. The molecule has 1 fully saturated rings. The molecule has 1 amide bonds. The molecule has 1 aliphatic rings. The lowest BCUT2D eigenvalue weighted by Crippen LogP contribution is -2.50. The van der Waals surface area contributed by atoms with E-state index in [1.54, 1.807) is 7.11 Å². The summed E-state index contributed by atoms with van der Waals surface area (Å²) in [5.41, 5.74) is 7.12. The third kappa shape index (κ3) is 8.26. The van der Waals surface area contributed by atoms with Crippen molar-refractivity contribution in [2.75, 3.05) is 26.7 Å². The zero-order valence-electron chi connectivity index (χ0n) is 16.9. The summed E-state index contributed by atoms with van der Waals surface area (Å²) >= 11 is 0. The zero-order chi connectivity index (χ0) is 18.4. The number of hydrogen-bond donors (Lipinski definition) is 2. The fourth-order valence-corrected chi connectivity index (χ4v) is 3.09. The molecule has 2 rings (SSSR count). The van der Waals surface area contributed by atoms with Gasteiger partial charge >= 0.3 is 0 Å². The number of hydrogen-bond acceptors (Lipinski definition) is 4. The van der Waals surface area contributed by atoms with Gasteiger partial charge < -0.3 is 15.8 Å². The molecule has 1 aliphatic heterocycles. The molecule has 1 atom stereocenters. The molecule has 0 unspecified atom stereocenters. The van der Waals surface area contributed by atoms with E-state index < -0.39 is 6.04 Å². The molecular weight excluding hydrogens is 385 g/mol. The van der Waals surface area contributed by atoms with Crippen molar-refractivity contribution in [2.24, 2.45) is 17.1 Å². The van der Waals surface area contributed by atoms with Gasteiger partial charge in [0.2, 0.25) is 5.91 Å². The highest BCUT2D eigenvalue weighted by Crippen LogP contribution is 2.21. The number of nitrogens with zero attached hydrogens (tertiary/aromatic N) is 1. The van der Waals surface area contributed by atoms with E-state index in [1.165, 1.54) is 5.56 Å². The minimum absolute atomic E-state index is 0. The first-order chi connectivity index (χ1) is 11.8. The number of likely N-dealkylation sites (tertiary alicyclic amines) is 1. The van der Waals surface area contributed by atoms with Gasteiger partial charge in [-0.25, -0.2) is 0 Å². The van der Waals surface area contributed by atoms with Gasteiger partial charge in [0, 0.05) is 13.1 Å². The summed E-state index contributed by atoms with van der Waals surface area (Å²) in [5.74, 6) is 1.41. The SMILES string of the molecule is COc1ccc(CN2CCC(CNC(=O)[C@@H](N)C(C)(C)C)CC2)cc1.Cl.Cl. The molecule has 0 saturated carbocycles. The maximum atomic E-state index is 12.1. The van der Waals surface area contributed by atoms with Crippen LogP contribution in [-0.2, 0) is 11.3 Å². The topological polar surface area (TPSA) is 67.6 Å². The van der Waals surface area contributed by atoms with Crippen molar-refractivity contribution in [2.45, 2.75) is 46.2 Å². The van der Waals surface area contributed by atoms with Gasteiger partial charge in [0.1, 0.15) is 5.75 Å². The number of nitrogens with one attached hydrogen (secondary N) is 1. The first kappa shape index (κ1) is 26.0. The monoisotopic (exact) mass is 419 g/mol. The second-order valence-electron chi connectivity index (χ2n) is 8.16. The molecule has 0 spiro atoms. The van der Waals surface area contributed by atoms with Gasteiger partial charge in [-0.3, -0.25) is 9.69 Å². The summed E-state index contributed by atoms with van der Waals surface area (Å²) in [6.07, 6.45) is 2.22. The van der Waals surface area contributed by atoms with Crippen LogP contribution in [0.2, 0.25) is 0 Å². The van der Waals surface area contributed by atoms with E-state index in [1.807, 2.05) is 32.9 Å². The molecule has 27 heavy (non-hydrogen) atoms. The van der Waals surface area contributed by atoms with Crippen LogP contribution in [0.1, 0.15) is 39.2 Å². The van der Waals surface area contributed by atoms with Gasteiger partial charge in [-0.05, 0) is 55.0 Å². The summed E-state index contributed by atoms with van der Waals surface area (Å²) < 4.78 is 5.20. The number of amides is 1. The highest BCUT2D eigenvalue weighted by atomic mass is 35.5. The number of carbonyl (C=O) groups is 1. The Morgan fingerprint density at radius 1 is 1.22 bits per heavy atom. The van der Waals surface area contributed by atoms with Gasteiger partial charge in [0.05, 0.1) is 13.2 Å². The zero-order valence-corrected chi connectivity index (χ0v) is 18.5. The number of nitrogens with two attached hydrogens (primary N) is 1. The van der Waals surface area contributed by atoms with Gasteiger partial charge in [0.25, 0.3) is 0 Å². The molecule has 7 heteroatoms. The number of ether oxygens (including phenoxy) is 1. The van der Waals surface area contributed by atoms with E-state index in [0.29, 0.717) is 5.92 Å². The molecule has 0 bridgehead atoms. The first-order valence-corrected chi connectivity index (χ1v) is 9.18. The Labute approximate surface area is 176 Å². The predicted molar refractivity (Wildman–Crippen MR) is 116 cm³/mol. The smallest absolute Gasteiger partial charge is 0.237 e.